The van der Waals surface area contributed by atoms with Gasteiger partial charge in [-0.25, -0.2) is 0 Å². The van der Waals surface area contributed by atoms with E-state index in [2.05, 4.69) is 23.5 Å². The van der Waals surface area contributed by atoms with Crippen molar-refractivity contribution < 1.29 is 4.74 Å². The maximum atomic E-state index is 8.87. The van der Waals surface area contributed by atoms with Gasteiger partial charge >= 0.3 is 0 Å². The molecular weight excluding hydrogens is 212 g/mol. The number of rotatable bonds is 5. The first-order chi connectivity index (χ1) is 8.40. The van der Waals surface area contributed by atoms with Crippen molar-refractivity contribution in [1.82, 2.24) is 5.32 Å². The van der Waals surface area contributed by atoms with Crippen LogP contribution in [0, 0.1) is 11.3 Å². The van der Waals surface area contributed by atoms with Crippen LogP contribution in [0.5, 0.6) is 0 Å². The molecular formula is C14H18N2O. The molecule has 1 aromatic carbocycles. The first kappa shape index (κ1) is 12.1. The molecule has 1 aliphatic heterocycles. The Bertz CT molecular complexity index is 366. The minimum absolute atomic E-state index is 0.116. The Morgan fingerprint density at radius 3 is 2.88 bits per heavy atom. The van der Waals surface area contributed by atoms with Crippen molar-refractivity contribution in [2.45, 2.75) is 31.4 Å². The molecule has 17 heavy (non-hydrogen) atoms. The number of nitriles is 1. The summed E-state index contributed by atoms with van der Waals surface area (Å²) in [4.78, 5) is 0. The molecule has 3 nitrogen and oxygen atoms in total. The summed E-state index contributed by atoms with van der Waals surface area (Å²) in [6, 6.07) is 12.5. The molecule has 1 saturated heterocycles. The van der Waals surface area contributed by atoms with Gasteiger partial charge in [0.2, 0.25) is 0 Å². The third kappa shape index (κ3) is 3.55. The molecule has 0 amide bonds. The van der Waals surface area contributed by atoms with Gasteiger partial charge in [-0.05, 0) is 18.4 Å². The topological polar surface area (TPSA) is 45.0 Å². The molecule has 90 valence electrons. The van der Waals surface area contributed by atoms with E-state index in [1.54, 1.807) is 0 Å². The SMILES string of the molecule is N#CCC(NCC1CCCO1)c1ccccc1. The molecule has 2 rings (SSSR count). The van der Waals surface area contributed by atoms with Crippen molar-refractivity contribution in [3.05, 3.63) is 35.9 Å². The van der Waals surface area contributed by atoms with Crippen LogP contribution in [0.2, 0.25) is 0 Å². The van der Waals surface area contributed by atoms with Crippen LogP contribution in [0.3, 0.4) is 0 Å². The molecule has 2 unspecified atom stereocenters. The predicted octanol–water partition coefficient (Wildman–Crippen LogP) is 2.41. The number of benzene rings is 1. The van der Waals surface area contributed by atoms with Crippen LogP contribution in [0.4, 0.5) is 0 Å². The highest BCUT2D eigenvalue weighted by Crippen LogP contribution is 2.17. The average molecular weight is 230 g/mol. The zero-order chi connectivity index (χ0) is 11.9. The van der Waals surface area contributed by atoms with E-state index in [9.17, 15) is 0 Å². The smallest absolute Gasteiger partial charge is 0.0700 e. The largest absolute Gasteiger partial charge is 0.377 e. The molecule has 0 aliphatic carbocycles. The molecule has 1 fully saturated rings. The molecule has 1 heterocycles. The van der Waals surface area contributed by atoms with Crippen molar-refractivity contribution in [1.29, 1.82) is 5.26 Å². The molecule has 2 atom stereocenters. The first-order valence-corrected chi connectivity index (χ1v) is 6.17. The number of ether oxygens (including phenoxy) is 1. The number of hydrogen-bond acceptors (Lipinski definition) is 3. The predicted molar refractivity (Wildman–Crippen MR) is 66.4 cm³/mol. The third-order valence-electron chi connectivity index (χ3n) is 3.11. The summed E-state index contributed by atoms with van der Waals surface area (Å²) in [5, 5.41) is 12.3. The van der Waals surface area contributed by atoms with E-state index < -0.39 is 0 Å². The molecule has 0 saturated carbocycles. The summed E-state index contributed by atoms with van der Waals surface area (Å²) >= 11 is 0. The molecule has 1 N–H and O–H groups in total. The van der Waals surface area contributed by atoms with Crippen molar-refractivity contribution in [2.24, 2.45) is 0 Å². The molecule has 1 aromatic rings. The van der Waals surface area contributed by atoms with Gasteiger partial charge in [0.25, 0.3) is 0 Å². The molecule has 0 radical (unpaired) electrons. The summed E-state index contributed by atoms with van der Waals surface area (Å²) < 4.78 is 5.57. The summed E-state index contributed by atoms with van der Waals surface area (Å²) in [5.74, 6) is 0. The van der Waals surface area contributed by atoms with Gasteiger partial charge in [0.15, 0.2) is 0 Å². The number of hydrogen-bond donors (Lipinski definition) is 1. The normalized spacial score (nSPS) is 21.0. The Morgan fingerprint density at radius 2 is 2.24 bits per heavy atom. The lowest BCUT2D eigenvalue weighted by Gasteiger charge is -2.18. The van der Waals surface area contributed by atoms with Gasteiger partial charge < -0.3 is 10.1 Å². The van der Waals surface area contributed by atoms with Crippen LogP contribution in [-0.2, 0) is 4.74 Å². The van der Waals surface area contributed by atoms with E-state index in [1.165, 1.54) is 5.56 Å². The van der Waals surface area contributed by atoms with Crippen molar-refractivity contribution in [3.8, 4) is 6.07 Å². The zero-order valence-electron chi connectivity index (χ0n) is 9.93. The molecule has 1 aliphatic rings. The maximum Gasteiger partial charge on any atom is 0.0700 e. The minimum atomic E-state index is 0.116. The van der Waals surface area contributed by atoms with E-state index in [1.807, 2.05) is 18.2 Å². The minimum Gasteiger partial charge on any atom is -0.377 e. The second kappa shape index (κ2) is 6.39. The second-order valence-electron chi connectivity index (χ2n) is 4.37. The van der Waals surface area contributed by atoms with E-state index in [4.69, 9.17) is 10.00 Å². The Labute approximate surface area is 102 Å². The van der Waals surface area contributed by atoms with E-state index in [-0.39, 0.29) is 6.04 Å². The quantitative estimate of drug-likeness (QED) is 0.844. The zero-order valence-corrected chi connectivity index (χ0v) is 9.93. The summed E-state index contributed by atoms with van der Waals surface area (Å²) in [6.07, 6.45) is 3.10. The standard InChI is InChI=1S/C14H18N2O/c15-9-8-14(12-5-2-1-3-6-12)16-11-13-7-4-10-17-13/h1-3,5-6,13-14,16H,4,7-8,10-11H2. The average Bonchev–Trinajstić information content (AvgIpc) is 2.88. The highest BCUT2D eigenvalue weighted by Gasteiger charge is 2.17. The van der Waals surface area contributed by atoms with Crippen molar-refractivity contribution >= 4 is 0 Å². The highest BCUT2D eigenvalue weighted by atomic mass is 16.5. The van der Waals surface area contributed by atoms with Crippen molar-refractivity contribution in [2.75, 3.05) is 13.2 Å². The monoisotopic (exact) mass is 230 g/mol. The van der Waals surface area contributed by atoms with Crippen LogP contribution in [0.15, 0.2) is 30.3 Å². The Morgan fingerprint density at radius 1 is 1.41 bits per heavy atom. The van der Waals surface area contributed by atoms with Gasteiger partial charge in [0.1, 0.15) is 0 Å². The van der Waals surface area contributed by atoms with E-state index >= 15 is 0 Å². The Kier molecular flexibility index (Phi) is 4.54. The molecule has 0 bridgehead atoms. The lowest BCUT2D eigenvalue weighted by Crippen LogP contribution is -2.29. The third-order valence-corrected chi connectivity index (χ3v) is 3.11. The van der Waals surface area contributed by atoms with E-state index in [0.29, 0.717) is 12.5 Å². The Hall–Kier alpha value is -1.37. The number of nitrogens with zero attached hydrogens (tertiary/aromatic N) is 1. The van der Waals surface area contributed by atoms with Gasteiger partial charge in [-0.3, -0.25) is 0 Å². The molecule has 0 aromatic heterocycles. The summed E-state index contributed by atoms with van der Waals surface area (Å²) in [7, 11) is 0. The van der Waals surface area contributed by atoms with Gasteiger partial charge in [-0.2, -0.15) is 5.26 Å². The molecule has 3 heteroatoms. The summed E-state index contributed by atoms with van der Waals surface area (Å²) in [5.41, 5.74) is 1.17. The lowest BCUT2D eigenvalue weighted by molar-refractivity contribution is 0.107. The second-order valence-corrected chi connectivity index (χ2v) is 4.37. The lowest BCUT2D eigenvalue weighted by atomic mass is 10.0. The van der Waals surface area contributed by atoms with Crippen molar-refractivity contribution in [3.63, 3.8) is 0 Å². The van der Waals surface area contributed by atoms with Gasteiger partial charge in [-0.1, -0.05) is 30.3 Å². The maximum absolute atomic E-state index is 8.87. The first-order valence-electron chi connectivity index (χ1n) is 6.17. The fourth-order valence-electron chi connectivity index (χ4n) is 2.16. The molecule has 0 spiro atoms. The Balaban J connectivity index is 1.91. The van der Waals surface area contributed by atoms with Crippen LogP contribution in [-0.4, -0.2) is 19.3 Å². The van der Waals surface area contributed by atoms with Crippen LogP contribution >= 0.6 is 0 Å². The highest BCUT2D eigenvalue weighted by molar-refractivity contribution is 5.19. The van der Waals surface area contributed by atoms with Crippen LogP contribution in [0.1, 0.15) is 30.9 Å². The van der Waals surface area contributed by atoms with Gasteiger partial charge in [0, 0.05) is 19.2 Å². The fraction of sp³-hybridized carbons (Fsp3) is 0.500. The van der Waals surface area contributed by atoms with Crippen LogP contribution in [0.25, 0.3) is 0 Å². The number of nitrogens with one attached hydrogen (secondary N) is 1. The van der Waals surface area contributed by atoms with Crippen LogP contribution < -0.4 is 5.32 Å². The van der Waals surface area contributed by atoms with Gasteiger partial charge in [0.05, 0.1) is 18.6 Å². The fourth-order valence-corrected chi connectivity index (χ4v) is 2.16. The summed E-state index contributed by atoms with van der Waals surface area (Å²) in [6.45, 7) is 1.71. The van der Waals surface area contributed by atoms with E-state index in [0.717, 1.165) is 26.0 Å². The van der Waals surface area contributed by atoms with Gasteiger partial charge in [-0.15, -0.1) is 0 Å².